The highest BCUT2D eigenvalue weighted by Crippen LogP contribution is 2.28. The van der Waals surface area contributed by atoms with Crippen LogP contribution in [0.3, 0.4) is 0 Å². The topological polar surface area (TPSA) is 79.4 Å². The van der Waals surface area contributed by atoms with E-state index >= 15 is 0 Å². The minimum absolute atomic E-state index is 0.262. The lowest BCUT2D eigenvalue weighted by atomic mass is 10.2. The Hall–Kier alpha value is -3.45. The maximum absolute atomic E-state index is 12.4. The Labute approximate surface area is 169 Å². The van der Waals surface area contributed by atoms with Crippen LogP contribution in [0.15, 0.2) is 60.9 Å². The van der Waals surface area contributed by atoms with E-state index < -0.39 is 0 Å². The summed E-state index contributed by atoms with van der Waals surface area (Å²) in [6.07, 6.45) is 3.04. The van der Waals surface area contributed by atoms with Crippen LogP contribution in [0.5, 0.6) is 0 Å². The molecule has 3 aromatic rings. The summed E-state index contributed by atoms with van der Waals surface area (Å²) in [6, 6.07) is 15.7. The summed E-state index contributed by atoms with van der Waals surface area (Å²) >= 11 is 0. The average molecular weight is 389 g/mol. The van der Waals surface area contributed by atoms with Crippen molar-refractivity contribution in [2.24, 2.45) is 0 Å². The summed E-state index contributed by atoms with van der Waals surface area (Å²) < 4.78 is 5.44. The van der Waals surface area contributed by atoms with E-state index in [9.17, 15) is 4.79 Å². The van der Waals surface area contributed by atoms with Gasteiger partial charge in [0, 0.05) is 18.8 Å². The zero-order valence-electron chi connectivity index (χ0n) is 16.3. The first kappa shape index (κ1) is 18.9. The molecule has 1 aliphatic rings. The molecule has 2 N–H and O–H groups in total. The van der Waals surface area contributed by atoms with E-state index in [-0.39, 0.29) is 11.6 Å². The van der Waals surface area contributed by atoms with Crippen molar-refractivity contribution in [1.29, 1.82) is 0 Å². The molecule has 2 aromatic carbocycles. The molecule has 7 nitrogen and oxygen atoms in total. The fourth-order valence-electron chi connectivity index (χ4n) is 3.14. The average Bonchev–Trinajstić information content (AvgIpc) is 2.77. The van der Waals surface area contributed by atoms with Gasteiger partial charge in [-0.25, -0.2) is 9.97 Å². The number of ether oxygens (including phenoxy) is 1. The third-order valence-electron chi connectivity index (χ3n) is 4.71. The zero-order valence-corrected chi connectivity index (χ0v) is 16.3. The van der Waals surface area contributed by atoms with Gasteiger partial charge in [-0.1, -0.05) is 29.8 Å². The standard InChI is InChI=1S/C22H23N5O2/c1-16-6-8-17(9-7-16)25-22(28)19-14-24-21(15-23-19)26-18-4-2-3-5-20(18)27-10-12-29-13-11-27/h2-9,14-15H,10-13H2,1H3,(H,24,26)(H,25,28). The lowest BCUT2D eigenvalue weighted by Crippen LogP contribution is -2.36. The predicted octanol–water partition coefficient (Wildman–Crippen LogP) is 3.62. The molecule has 2 heterocycles. The molecule has 0 bridgehead atoms. The first-order valence-corrected chi connectivity index (χ1v) is 9.58. The molecule has 148 valence electrons. The molecule has 0 aliphatic carbocycles. The monoisotopic (exact) mass is 389 g/mol. The van der Waals surface area contributed by atoms with Gasteiger partial charge in [-0.15, -0.1) is 0 Å². The zero-order chi connectivity index (χ0) is 20.1. The van der Waals surface area contributed by atoms with E-state index in [2.05, 4.69) is 31.6 Å². The van der Waals surface area contributed by atoms with Crippen molar-refractivity contribution < 1.29 is 9.53 Å². The number of rotatable bonds is 5. The van der Waals surface area contributed by atoms with Crippen LogP contribution in [0.1, 0.15) is 16.1 Å². The SMILES string of the molecule is Cc1ccc(NC(=O)c2cnc(Nc3ccccc3N3CCOCC3)cn2)cc1. The molecule has 0 unspecified atom stereocenters. The van der Waals surface area contributed by atoms with Crippen molar-refractivity contribution in [3.05, 3.63) is 72.2 Å². The van der Waals surface area contributed by atoms with Crippen molar-refractivity contribution >= 4 is 28.8 Å². The number of hydrogen-bond acceptors (Lipinski definition) is 6. The first-order valence-electron chi connectivity index (χ1n) is 9.58. The van der Waals surface area contributed by atoms with Crippen LogP contribution in [0, 0.1) is 6.92 Å². The van der Waals surface area contributed by atoms with Gasteiger partial charge in [-0.2, -0.15) is 0 Å². The number of nitrogens with zero attached hydrogens (tertiary/aromatic N) is 3. The Bertz CT molecular complexity index is 967. The summed E-state index contributed by atoms with van der Waals surface area (Å²) in [5, 5.41) is 6.13. The quantitative estimate of drug-likeness (QED) is 0.694. The van der Waals surface area contributed by atoms with E-state index in [0.29, 0.717) is 5.82 Å². The van der Waals surface area contributed by atoms with Crippen molar-refractivity contribution in [3.8, 4) is 0 Å². The molecule has 1 fully saturated rings. The van der Waals surface area contributed by atoms with Crippen molar-refractivity contribution in [3.63, 3.8) is 0 Å². The van der Waals surface area contributed by atoms with Crippen LogP contribution in [-0.2, 0) is 4.74 Å². The largest absolute Gasteiger partial charge is 0.378 e. The number of carbonyl (C=O) groups excluding carboxylic acids is 1. The second kappa shape index (κ2) is 8.70. The Morgan fingerprint density at radius 1 is 1.00 bits per heavy atom. The molecule has 0 spiro atoms. The highest BCUT2D eigenvalue weighted by molar-refractivity contribution is 6.02. The van der Waals surface area contributed by atoms with Crippen LogP contribution in [-0.4, -0.2) is 42.2 Å². The van der Waals surface area contributed by atoms with Crippen LogP contribution < -0.4 is 15.5 Å². The number of amides is 1. The van der Waals surface area contributed by atoms with Gasteiger partial charge in [0.25, 0.3) is 5.91 Å². The number of para-hydroxylation sites is 2. The molecule has 1 amide bonds. The van der Waals surface area contributed by atoms with Gasteiger partial charge in [0.05, 0.1) is 37.0 Å². The Morgan fingerprint density at radius 2 is 1.76 bits per heavy atom. The van der Waals surface area contributed by atoms with Gasteiger partial charge in [-0.05, 0) is 31.2 Å². The lowest BCUT2D eigenvalue weighted by Gasteiger charge is -2.30. The number of hydrogen-bond donors (Lipinski definition) is 2. The highest BCUT2D eigenvalue weighted by Gasteiger charge is 2.15. The molecule has 1 aliphatic heterocycles. The van der Waals surface area contributed by atoms with Gasteiger partial charge < -0.3 is 20.3 Å². The Kier molecular flexibility index (Phi) is 5.67. The molecule has 1 saturated heterocycles. The molecule has 29 heavy (non-hydrogen) atoms. The molecule has 4 rings (SSSR count). The van der Waals surface area contributed by atoms with Crippen molar-refractivity contribution in [2.75, 3.05) is 41.8 Å². The number of nitrogens with one attached hydrogen (secondary N) is 2. The number of anilines is 4. The fraction of sp³-hybridized carbons (Fsp3) is 0.227. The predicted molar refractivity (Wildman–Crippen MR) is 114 cm³/mol. The van der Waals surface area contributed by atoms with Crippen LogP contribution >= 0.6 is 0 Å². The Balaban J connectivity index is 1.45. The third kappa shape index (κ3) is 4.70. The summed E-state index contributed by atoms with van der Waals surface area (Å²) in [5.74, 6) is 0.291. The molecule has 0 atom stereocenters. The minimum Gasteiger partial charge on any atom is -0.378 e. The number of carbonyl (C=O) groups is 1. The van der Waals surface area contributed by atoms with E-state index in [1.54, 1.807) is 6.20 Å². The van der Waals surface area contributed by atoms with Crippen LogP contribution in [0.25, 0.3) is 0 Å². The van der Waals surface area contributed by atoms with E-state index in [1.165, 1.54) is 6.20 Å². The maximum Gasteiger partial charge on any atom is 0.275 e. The van der Waals surface area contributed by atoms with Gasteiger partial charge in [0.15, 0.2) is 0 Å². The fourth-order valence-corrected chi connectivity index (χ4v) is 3.14. The Morgan fingerprint density at radius 3 is 2.48 bits per heavy atom. The second-order valence-electron chi connectivity index (χ2n) is 6.85. The summed E-state index contributed by atoms with van der Waals surface area (Å²) in [7, 11) is 0. The number of aromatic nitrogens is 2. The number of morpholine rings is 1. The minimum atomic E-state index is -0.290. The molecule has 0 radical (unpaired) electrons. The van der Waals surface area contributed by atoms with Crippen molar-refractivity contribution in [2.45, 2.75) is 6.92 Å². The summed E-state index contributed by atoms with van der Waals surface area (Å²) in [5.41, 5.74) is 4.16. The van der Waals surface area contributed by atoms with E-state index in [4.69, 9.17) is 4.74 Å². The first-order chi connectivity index (χ1) is 14.2. The molecular weight excluding hydrogens is 366 g/mol. The van der Waals surface area contributed by atoms with Crippen LogP contribution in [0.4, 0.5) is 22.9 Å². The van der Waals surface area contributed by atoms with E-state index in [0.717, 1.165) is 48.9 Å². The second-order valence-corrected chi connectivity index (χ2v) is 6.85. The number of aryl methyl sites for hydroxylation is 1. The third-order valence-corrected chi connectivity index (χ3v) is 4.71. The van der Waals surface area contributed by atoms with Gasteiger partial charge in [-0.3, -0.25) is 4.79 Å². The highest BCUT2D eigenvalue weighted by atomic mass is 16.5. The normalized spacial score (nSPS) is 13.8. The summed E-state index contributed by atoms with van der Waals surface area (Å²) in [6.45, 7) is 5.14. The van der Waals surface area contributed by atoms with Crippen molar-refractivity contribution in [1.82, 2.24) is 9.97 Å². The number of benzene rings is 2. The lowest BCUT2D eigenvalue weighted by molar-refractivity contribution is 0.102. The molecule has 0 saturated carbocycles. The van der Waals surface area contributed by atoms with E-state index in [1.807, 2.05) is 49.4 Å². The smallest absolute Gasteiger partial charge is 0.275 e. The van der Waals surface area contributed by atoms with Gasteiger partial charge >= 0.3 is 0 Å². The molecule has 7 heteroatoms. The molecular formula is C22H23N5O2. The summed E-state index contributed by atoms with van der Waals surface area (Å²) in [4.78, 5) is 23.3. The molecule has 1 aromatic heterocycles. The van der Waals surface area contributed by atoms with Crippen LogP contribution in [0.2, 0.25) is 0 Å². The van der Waals surface area contributed by atoms with Gasteiger partial charge in [0.1, 0.15) is 11.5 Å². The maximum atomic E-state index is 12.4. The van der Waals surface area contributed by atoms with Gasteiger partial charge in [0.2, 0.25) is 0 Å².